The molecule has 146 valence electrons. The van der Waals surface area contributed by atoms with Crippen LogP contribution in [0.2, 0.25) is 0 Å². The van der Waals surface area contributed by atoms with Crippen molar-refractivity contribution in [3.05, 3.63) is 24.0 Å². The Hall–Kier alpha value is -2.68. The molecule has 2 saturated heterocycles. The number of benzene rings is 1. The highest BCUT2D eigenvalue weighted by atomic mass is 19.1. The summed E-state index contributed by atoms with van der Waals surface area (Å²) in [6.07, 6.45) is -0.992. The summed E-state index contributed by atoms with van der Waals surface area (Å²) in [6.45, 7) is 5.96. The number of halogens is 1. The number of anilines is 2. The van der Waals surface area contributed by atoms with Crippen LogP contribution in [0, 0.1) is 5.82 Å². The molecule has 9 heteroatoms. The van der Waals surface area contributed by atoms with Gasteiger partial charge in [0.05, 0.1) is 43.5 Å². The molecule has 1 aromatic rings. The second-order valence-corrected chi connectivity index (χ2v) is 6.46. The van der Waals surface area contributed by atoms with Crippen LogP contribution in [0.25, 0.3) is 0 Å². The van der Waals surface area contributed by atoms with Crippen molar-refractivity contribution in [2.24, 2.45) is 4.99 Å². The van der Waals surface area contributed by atoms with Crippen LogP contribution >= 0.6 is 0 Å². The van der Waals surface area contributed by atoms with Gasteiger partial charge in [0, 0.05) is 20.0 Å². The number of nitrogens with one attached hydrogen (secondary N) is 1. The number of rotatable bonds is 4. The molecule has 2 amide bonds. The third-order valence-corrected chi connectivity index (χ3v) is 4.36. The Kier molecular flexibility index (Phi) is 5.90. The number of hydrogen-bond donors (Lipinski definition) is 1. The monoisotopic (exact) mass is 378 g/mol. The lowest BCUT2D eigenvalue weighted by molar-refractivity contribution is -0.117. The zero-order valence-electron chi connectivity index (χ0n) is 15.4. The standard InChI is InChI=1S/C18H23FN4O4/c1-12(21-13(2)24)20-10-15-11-23(18(25)27-15)14-3-4-17(16(19)9-14)22-5-7-26-8-6-22/h3-4,9,15H,5-8,10-11H2,1-2H3,(H,20,21,24). The molecule has 0 saturated carbocycles. The number of aliphatic imine (C=N–C) groups is 1. The van der Waals surface area contributed by atoms with Crippen molar-refractivity contribution in [1.29, 1.82) is 0 Å². The summed E-state index contributed by atoms with van der Waals surface area (Å²) in [5.41, 5.74) is 0.946. The first-order valence-electron chi connectivity index (χ1n) is 8.83. The Morgan fingerprint density at radius 3 is 2.74 bits per heavy atom. The third kappa shape index (κ3) is 4.73. The number of carbonyl (C=O) groups excluding carboxylic acids is 2. The van der Waals surface area contributed by atoms with Crippen LogP contribution in [0.3, 0.4) is 0 Å². The Morgan fingerprint density at radius 2 is 2.07 bits per heavy atom. The Bertz CT molecular complexity index is 749. The molecule has 0 aliphatic carbocycles. The van der Waals surface area contributed by atoms with E-state index in [1.165, 1.54) is 17.9 Å². The highest BCUT2D eigenvalue weighted by Crippen LogP contribution is 2.28. The van der Waals surface area contributed by atoms with Crippen molar-refractivity contribution in [2.75, 3.05) is 49.2 Å². The maximum Gasteiger partial charge on any atom is 0.414 e. The van der Waals surface area contributed by atoms with E-state index in [2.05, 4.69) is 10.3 Å². The minimum Gasteiger partial charge on any atom is -0.442 e. The number of morpholine rings is 1. The summed E-state index contributed by atoms with van der Waals surface area (Å²) in [4.78, 5) is 30.6. The number of nitrogens with zero attached hydrogens (tertiary/aromatic N) is 3. The number of amides is 2. The van der Waals surface area contributed by atoms with Gasteiger partial charge in [-0.2, -0.15) is 0 Å². The highest BCUT2D eigenvalue weighted by Gasteiger charge is 2.32. The third-order valence-electron chi connectivity index (χ3n) is 4.36. The Morgan fingerprint density at radius 1 is 1.33 bits per heavy atom. The Labute approximate surface area is 156 Å². The van der Waals surface area contributed by atoms with Gasteiger partial charge < -0.3 is 19.7 Å². The first-order chi connectivity index (χ1) is 12.9. The van der Waals surface area contributed by atoms with Gasteiger partial charge in [-0.05, 0) is 25.1 Å². The van der Waals surface area contributed by atoms with Gasteiger partial charge in [0.25, 0.3) is 0 Å². The quantitative estimate of drug-likeness (QED) is 0.635. The zero-order chi connectivity index (χ0) is 19.4. The van der Waals surface area contributed by atoms with Crippen molar-refractivity contribution in [2.45, 2.75) is 20.0 Å². The fourth-order valence-electron chi connectivity index (χ4n) is 3.08. The van der Waals surface area contributed by atoms with Crippen molar-refractivity contribution < 1.29 is 23.5 Å². The summed E-state index contributed by atoms with van der Waals surface area (Å²) in [7, 11) is 0. The zero-order valence-corrected chi connectivity index (χ0v) is 15.4. The lowest BCUT2D eigenvalue weighted by Crippen LogP contribution is -2.36. The molecule has 1 aromatic carbocycles. The van der Waals surface area contributed by atoms with Crippen LogP contribution in [-0.2, 0) is 14.3 Å². The molecule has 1 atom stereocenters. The summed E-state index contributed by atoms with van der Waals surface area (Å²) in [6, 6.07) is 4.74. The molecule has 27 heavy (non-hydrogen) atoms. The lowest BCUT2D eigenvalue weighted by atomic mass is 10.2. The van der Waals surface area contributed by atoms with Gasteiger partial charge in [-0.25, -0.2) is 9.18 Å². The number of amidine groups is 1. The number of cyclic esters (lactones) is 1. The molecule has 2 aliphatic heterocycles. The van der Waals surface area contributed by atoms with Gasteiger partial charge >= 0.3 is 6.09 Å². The molecule has 8 nitrogen and oxygen atoms in total. The highest BCUT2D eigenvalue weighted by molar-refractivity contribution is 5.95. The summed E-state index contributed by atoms with van der Waals surface area (Å²) in [5, 5.41) is 2.56. The molecule has 2 heterocycles. The minimum atomic E-state index is -0.536. The lowest BCUT2D eigenvalue weighted by Gasteiger charge is -2.29. The average molecular weight is 378 g/mol. The number of carbonyl (C=O) groups is 2. The van der Waals surface area contributed by atoms with E-state index in [-0.39, 0.29) is 24.8 Å². The molecule has 0 aromatic heterocycles. The van der Waals surface area contributed by atoms with Gasteiger partial charge in [0.2, 0.25) is 5.91 Å². The number of ether oxygens (including phenoxy) is 2. The van der Waals surface area contributed by atoms with Gasteiger partial charge in [-0.1, -0.05) is 0 Å². The van der Waals surface area contributed by atoms with E-state index in [0.717, 1.165) is 0 Å². The SMILES string of the molecule is CC(=O)NC(C)=NCC1CN(c2ccc(N3CCOCC3)c(F)c2)C(=O)O1. The topological polar surface area (TPSA) is 83.5 Å². The van der Waals surface area contributed by atoms with Crippen LogP contribution in [0.4, 0.5) is 20.6 Å². The van der Waals surface area contributed by atoms with E-state index in [0.29, 0.717) is 43.5 Å². The van der Waals surface area contributed by atoms with Crippen LogP contribution in [0.5, 0.6) is 0 Å². The molecular formula is C18H23FN4O4. The first kappa shape index (κ1) is 19.1. The van der Waals surface area contributed by atoms with Gasteiger partial charge in [-0.15, -0.1) is 0 Å². The van der Waals surface area contributed by atoms with Crippen LogP contribution < -0.4 is 15.1 Å². The molecule has 2 aliphatic rings. The predicted molar refractivity (Wildman–Crippen MR) is 98.8 cm³/mol. The van der Waals surface area contributed by atoms with Crippen LogP contribution in [0.1, 0.15) is 13.8 Å². The van der Waals surface area contributed by atoms with E-state index >= 15 is 0 Å². The van der Waals surface area contributed by atoms with E-state index < -0.39 is 12.2 Å². The normalized spacial score (nSPS) is 20.6. The van der Waals surface area contributed by atoms with Crippen molar-refractivity contribution in [3.8, 4) is 0 Å². The maximum atomic E-state index is 14.6. The maximum absolute atomic E-state index is 14.6. The largest absolute Gasteiger partial charge is 0.442 e. The van der Waals surface area contributed by atoms with Gasteiger partial charge in [0.1, 0.15) is 11.9 Å². The Balaban J connectivity index is 1.65. The fourth-order valence-corrected chi connectivity index (χ4v) is 3.08. The van der Waals surface area contributed by atoms with Crippen molar-refractivity contribution in [3.63, 3.8) is 0 Å². The van der Waals surface area contributed by atoms with Gasteiger partial charge in [0.15, 0.2) is 0 Å². The molecule has 0 spiro atoms. The molecule has 0 bridgehead atoms. The second kappa shape index (κ2) is 8.34. The van der Waals surface area contributed by atoms with E-state index in [1.807, 2.05) is 4.90 Å². The molecule has 3 rings (SSSR count). The summed E-state index contributed by atoms with van der Waals surface area (Å²) >= 11 is 0. The minimum absolute atomic E-state index is 0.211. The average Bonchev–Trinajstić information content (AvgIpc) is 3.01. The summed E-state index contributed by atoms with van der Waals surface area (Å²) in [5.74, 6) is -0.139. The van der Waals surface area contributed by atoms with Crippen LogP contribution in [-0.4, -0.2) is 63.3 Å². The molecule has 1 unspecified atom stereocenters. The fraction of sp³-hybridized carbons (Fsp3) is 0.500. The molecule has 2 fully saturated rings. The molecule has 1 N–H and O–H groups in total. The van der Waals surface area contributed by atoms with E-state index in [1.54, 1.807) is 19.1 Å². The van der Waals surface area contributed by atoms with Crippen molar-refractivity contribution >= 4 is 29.2 Å². The number of hydrogen-bond acceptors (Lipinski definition) is 6. The first-order valence-corrected chi connectivity index (χ1v) is 8.83. The second-order valence-electron chi connectivity index (χ2n) is 6.46. The van der Waals surface area contributed by atoms with Crippen LogP contribution in [0.15, 0.2) is 23.2 Å². The predicted octanol–water partition coefficient (Wildman–Crippen LogP) is 1.54. The smallest absolute Gasteiger partial charge is 0.414 e. The molecule has 0 radical (unpaired) electrons. The molecular weight excluding hydrogens is 355 g/mol. The van der Waals surface area contributed by atoms with Gasteiger partial charge in [-0.3, -0.25) is 14.7 Å². The summed E-state index contributed by atoms with van der Waals surface area (Å²) < 4.78 is 25.1. The van der Waals surface area contributed by atoms with E-state index in [9.17, 15) is 14.0 Å². The van der Waals surface area contributed by atoms with Crippen molar-refractivity contribution in [1.82, 2.24) is 5.32 Å². The van der Waals surface area contributed by atoms with E-state index in [4.69, 9.17) is 9.47 Å².